The molecule has 0 saturated heterocycles. The number of hydrogen-bond donors (Lipinski definition) is 1. The van der Waals surface area contributed by atoms with Gasteiger partial charge in [0.05, 0.1) is 11.8 Å². The van der Waals surface area contributed by atoms with Crippen LogP contribution >= 0.6 is 0 Å². The van der Waals surface area contributed by atoms with E-state index in [1.807, 2.05) is 44.3 Å². The summed E-state index contributed by atoms with van der Waals surface area (Å²) in [5, 5.41) is 15.1. The van der Waals surface area contributed by atoms with Crippen LogP contribution in [0.1, 0.15) is 16.1 Å². The molecule has 0 bridgehead atoms. The first-order chi connectivity index (χ1) is 14.6. The molecule has 0 atom stereocenters. The van der Waals surface area contributed by atoms with E-state index in [1.54, 1.807) is 22.9 Å². The molecular formula is C21H16N6O3. The van der Waals surface area contributed by atoms with Gasteiger partial charge in [-0.3, -0.25) is 4.79 Å². The number of benzene rings is 2. The summed E-state index contributed by atoms with van der Waals surface area (Å²) in [4.78, 5) is 16.8. The number of rotatable bonds is 4. The summed E-state index contributed by atoms with van der Waals surface area (Å²) >= 11 is 0. The van der Waals surface area contributed by atoms with Gasteiger partial charge in [-0.15, -0.1) is 5.10 Å². The lowest BCUT2D eigenvalue weighted by molar-refractivity contribution is 0.0996. The van der Waals surface area contributed by atoms with Gasteiger partial charge in [0.15, 0.2) is 5.76 Å². The van der Waals surface area contributed by atoms with Crippen LogP contribution < -0.4 is 5.32 Å². The van der Waals surface area contributed by atoms with E-state index in [4.69, 9.17) is 8.94 Å². The average Bonchev–Trinajstić information content (AvgIpc) is 3.51. The van der Waals surface area contributed by atoms with E-state index >= 15 is 0 Å². The van der Waals surface area contributed by atoms with Crippen molar-refractivity contribution < 1.29 is 13.7 Å². The van der Waals surface area contributed by atoms with Gasteiger partial charge in [-0.2, -0.15) is 4.98 Å². The molecule has 9 nitrogen and oxygen atoms in total. The predicted molar refractivity (Wildman–Crippen MR) is 109 cm³/mol. The van der Waals surface area contributed by atoms with Gasteiger partial charge in [0.25, 0.3) is 11.8 Å². The van der Waals surface area contributed by atoms with Gasteiger partial charge >= 0.3 is 0 Å². The highest BCUT2D eigenvalue weighted by molar-refractivity contribution is 6.02. The highest BCUT2D eigenvalue weighted by Crippen LogP contribution is 2.27. The number of furan rings is 1. The van der Waals surface area contributed by atoms with Crippen LogP contribution in [0.3, 0.4) is 0 Å². The molecule has 0 unspecified atom stereocenters. The standard InChI is InChI=1S/C21H16N6O3/c1-12-5-6-14(11-15(12)22-20(28)18-4-3-9-29-18)21-23-19(25-30-21)13-7-8-17-16(10-13)24-26-27(17)2/h3-11H,1-2H3,(H,22,28). The number of amides is 1. The monoisotopic (exact) mass is 400 g/mol. The molecular weight excluding hydrogens is 384 g/mol. The molecule has 0 saturated carbocycles. The van der Waals surface area contributed by atoms with Crippen LogP contribution in [0.2, 0.25) is 0 Å². The smallest absolute Gasteiger partial charge is 0.291 e. The maximum absolute atomic E-state index is 12.3. The molecule has 3 aromatic heterocycles. The minimum absolute atomic E-state index is 0.235. The van der Waals surface area contributed by atoms with Crippen molar-refractivity contribution in [1.29, 1.82) is 0 Å². The summed E-state index contributed by atoms with van der Waals surface area (Å²) < 4.78 is 12.3. The van der Waals surface area contributed by atoms with Gasteiger partial charge in [-0.1, -0.05) is 16.4 Å². The molecule has 1 N–H and O–H groups in total. The molecule has 0 aliphatic rings. The van der Waals surface area contributed by atoms with Gasteiger partial charge in [-0.25, -0.2) is 4.68 Å². The van der Waals surface area contributed by atoms with Crippen LogP contribution in [-0.4, -0.2) is 31.0 Å². The van der Waals surface area contributed by atoms with Crippen molar-refractivity contribution in [2.75, 3.05) is 5.32 Å². The number of aromatic nitrogens is 5. The second-order valence-corrected chi connectivity index (χ2v) is 6.80. The van der Waals surface area contributed by atoms with Gasteiger partial charge < -0.3 is 14.3 Å². The third-order valence-corrected chi connectivity index (χ3v) is 4.77. The molecule has 30 heavy (non-hydrogen) atoms. The number of nitrogens with zero attached hydrogens (tertiary/aromatic N) is 5. The van der Waals surface area contributed by atoms with Crippen LogP contribution in [0.15, 0.2) is 63.7 Å². The molecule has 148 valence electrons. The highest BCUT2D eigenvalue weighted by Gasteiger charge is 2.15. The SMILES string of the molecule is Cc1ccc(-c2nc(-c3ccc4c(c3)nnn4C)no2)cc1NC(=O)c1ccco1. The third kappa shape index (κ3) is 3.12. The quantitative estimate of drug-likeness (QED) is 0.488. The Morgan fingerprint density at radius 1 is 1.10 bits per heavy atom. The molecule has 0 radical (unpaired) electrons. The number of fused-ring (bicyclic) bond motifs is 1. The Balaban J connectivity index is 1.44. The van der Waals surface area contributed by atoms with Gasteiger partial charge in [-0.05, 0) is 55.0 Å². The largest absolute Gasteiger partial charge is 0.459 e. The molecule has 3 heterocycles. The maximum Gasteiger partial charge on any atom is 0.291 e. The summed E-state index contributed by atoms with van der Waals surface area (Å²) in [5.74, 6) is 0.695. The summed E-state index contributed by atoms with van der Waals surface area (Å²) in [6.07, 6.45) is 1.45. The van der Waals surface area contributed by atoms with Gasteiger partial charge in [0, 0.05) is 23.9 Å². The van der Waals surface area contributed by atoms with Crippen molar-refractivity contribution in [3.05, 3.63) is 66.1 Å². The van der Waals surface area contributed by atoms with E-state index in [1.165, 1.54) is 6.26 Å². The fourth-order valence-corrected chi connectivity index (χ4v) is 3.12. The van der Waals surface area contributed by atoms with Crippen molar-refractivity contribution in [2.45, 2.75) is 6.92 Å². The Bertz CT molecular complexity index is 1370. The Hall–Kier alpha value is -4.27. The van der Waals surface area contributed by atoms with Crippen molar-refractivity contribution in [3.8, 4) is 22.8 Å². The predicted octanol–water partition coefficient (Wildman–Crippen LogP) is 3.84. The first kappa shape index (κ1) is 17.8. The fourth-order valence-electron chi connectivity index (χ4n) is 3.12. The molecule has 1 amide bonds. The lowest BCUT2D eigenvalue weighted by Gasteiger charge is -2.08. The maximum atomic E-state index is 12.3. The molecule has 0 aliphatic heterocycles. The number of nitrogens with one attached hydrogen (secondary N) is 1. The van der Waals surface area contributed by atoms with Crippen LogP contribution in [0.4, 0.5) is 5.69 Å². The van der Waals surface area contributed by atoms with Crippen molar-refractivity contribution in [2.24, 2.45) is 7.05 Å². The van der Waals surface area contributed by atoms with Gasteiger partial charge in [0.1, 0.15) is 5.52 Å². The van der Waals surface area contributed by atoms with Crippen molar-refractivity contribution in [1.82, 2.24) is 25.1 Å². The number of carbonyl (C=O) groups excluding carboxylic acids is 1. The number of aryl methyl sites for hydroxylation is 2. The van der Waals surface area contributed by atoms with Crippen LogP contribution in [0.25, 0.3) is 33.9 Å². The van der Waals surface area contributed by atoms with Crippen molar-refractivity contribution in [3.63, 3.8) is 0 Å². The van der Waals surface area contributed by atoms with Crippen LogP contribution in [0.5, 0.6) is 0 Å². The van der Waals surface area contributed by atoms with E-state index in [0.29, 0.717) is 23.0 Å². The second kappa shape index (κ2) is 6.96. The number of carbonyl (C=O) groups is 1. The fraction of sp³-hybridized carbons (Fsp3) is 0.0952. The van der Waals surface area contributed by atoms with E-state index in [9.17, 15) is 4.79 Å². The lowest BCUT2D eigenvalue weighted by Crippen LogP contribution is -2.11. The average molecular weight is 400 g/mol. The molecule has 0 aliphatic carbocycles. The Labute approximate surface area is 170 Å². The zero-order valence-electron chi connectivity index (χ0n) is 16.2. The zero-order chi connectivity index (χ0) is 20.7. The summed E-state index contributed by atoms with van der Waals surface area (Å²) in [6, 6.07) is 14.5. The number of anilines is 1. The Kier molecular flexibility index (Phi) is 4.13. The highest BCUT2D eigenvalue weighted by atomic mass is 16.5. The van der Waals surface area contributed by atoms with E-state index < -0.39 is 0 Å². The topological polar surface area (TPSA) is 112 Å². The summed E-state index contributed by atoms with van der Waals surface area (Å²) in [6.45, 7) is 1.90. The Morgan fingerprint density at radius 3 is 2.80 bits per heavy atom. The number of hydrogen-bond acceptors (Lipinski definition) is 7. The Morgan fingerprint density at radius 2 is 1.97 bits per heavy atom. The molecule has 5 aromatic rings. The lowest BCUT2D eigenvalue weighted by atomic mass is 10.1. The molecule has 0 fully saturated rings. The molecule has 2 aromatic carbocycles. The van der Waals surface area contributed by atoms with Gasteiger partial charge in [0.2, 0.25) is 5.82 Å². The first-order valence-electron chi connectivity index (χ1n) is 9.18. The molecule has 5 rings (SSSR count). The van der Waals surface area contributed by atoms with E-state index in [-0.39, 0.29) is 11.7 Å². The first-order valence-corrected chi connectivity index (χ1v) is 9.18. The van der Waals surface area contributed by atoms with E-state index in [0.717, 1.165) is 22.2 Å². The minimum Gasteiger partial charge on any atom is -0.459 e. The summed E-state index contributed by atoms with van der Waals surface area (Å²) in [5.41, 5.74) is 4.66. The summed E-state index contributed by atoms with van der Waals surface area (Å²) in [7, 11) is 1.83. The molecule has 9 heteroatoms. The van der Waals surface area contributed by atoms with Crippen LogP contribution in [-0.2, 0) is 7.05 Å². The molecule has 0 spiro atoms. The normalized spacial score (nSPS) is 11.1. The minimum atomic E-state index is -0.330. The third-order valence-electron chi connectivity index (χ3n) is 4.77. The zero-order valence-corrected chi connectivity index (χ0v) is 16.2. The van der Waals surface area contributed by atoms with Crippen molar-refractivity contribution >= 4 is 22.6 Å². The second-order valence-electron chi connectivity index (χ2n) is 6.80. The van der Waals surface area contributed by atoms with Crippen LogP contribution in [0, 0.1) is 6.92 Å². The van der Waals surface area contributed by atoms with E-state index in [2.05, 4.69) is 25.8 Å².